The average molecular weight is 406 g/mol. The zero-order valence-electron chi connectivity index (χ0n) is 17.3. The molecule has 156 valence electrons. The predicted molar refractivity (Wildman–Crippen MR) is 116 cm³/mol. The minimum absolute atomic E-state index is 0.0905. The Labute approximate surface area is 175 Å². The molecule has 0 spiro atoms. The van der Waals surface area contributed by atoms with Crippen LogP contribution in [-0.4, -0.2) is 50.5 Å². The highest BCUT2D eigenvalue weighted by atomic mass is 16.6. The van der Waals surface area contributed by atoms with Crippen LogP contribution in [-0.2, 0) is 13.5 Å². The maximum Gasteiger partial charge on any atom is 0.305 e. The number of nitrogens with zero attached hydrogens (tertiary/aromatic N) is 5. The Morgan fingerprint density at radius 1 is 1.27 bits per heavy atom. The second-order valence-corrected chi connectivity index (χ2v) is 8.66. The van der Waals surface area contributed by atoms with Crippen molar-refractivity contribution in [1.29, 1.82) is 0 Å². The van der Waals surface area contributed by atoms with Gasteiger partial charge in [0.05, 0.1) is 4.92 Å². The Hall–Kier alpha value is -3.00. The molecular formula is C22H26N6O2. The number of rotatable bonds is 5. The fourth-order valence-corrected chi connectivity index (χ4v) is 5.44. The first-order chi connectivity index (χ1) is 14.5. The Balaban J connectivity index is 1.28. The number of anilines is 1. The SMILES string of the molecule is CN1C[C@H](CCNc2ncc([N+](=O)[O-])cn2)C[C@@H]2c3cccc4c3c(cn4C)C[C@H]21. The smallest absolute Gasteiger partial charge is 0.305 e. The molecule has 1 N–H and O–H groups in total. The Bertz CT molecular complexity index is 1090. The van der Waals surface area contributed by atoms with E-state index in [0.717, 1.165) is 25.9 Å². The summed E-state index contributed by atoms with van der Waals surface area (Å²) in [6.45, 7) is 1.84. The van der Waals surface area contributed by atoms with Crippen LogP contribution in [0.25, 0.3) is 10.9 Å². The van der Waals surface area contributed by atoms with E-state index in [2.05, 4.69) is 63.2 Å². The number of fused-ring (bicyclic) bond motifs is 2. The molecule has 0 radical (unpaired) electrons. The molecule has 3 heterocycles. The van der Waals surface area contributed by atoms with E-state index >= 15 is 0 Å². The zero-order chi connectivity index (χ0) is 20.8. The average Bonchev–Trinajstić information content (AvgIpc) is 3.06. The van der Waals surface area contributed by atoms with Crippen LogP contribution in [0.5, 0.6) is 0 Å². The molecule has 1 fully saturated rings. The molecule has 3 atom stereocenters. The van der Waals surface area contributed by atoms with Crippen molar-refractivity contribution in [3.05, 3.63) is 58.0 Å². The van der Waals surface area contributed by atoms with Crippen LogP contribution < -0.4 is 5.32 Å². The van der Waals surface area contributed by atoms with E-state index in [1.54, 1.807) is 0 Å². The second-order valence-electron chi connectivity index (χ2n) is 8.66. The van der Waals surface area contributed by atoms with Crippen molar-refractivity contribution in [2.75, 3.05) is 25.5 Å². The van der Waals surface area contributed by atoms with Gasteiger partial charge >= 0.3 is 5.69 Å². The summed E-state index contributed by atoms with van der Waals surface area (Å²) in [5.74, 6) is 1.59. The zero-order valence-corrected chi connectivity index (χ0v) is 17.3. The fourth-order valence-electron chi connectivity index (χ4n) is 5.44. The lowest BCUT2D eigenvalue weighted by molar-refractivity contribution is -0.385. The van der Waals surface area contributed by atoms with Crippen LogP contribution in [0.2, 0.25) is 0 Å². The van der Waals surface area contributed by atoms with Gasteiger partial charge in [-0.2, -0.15) is 0 Å². The van der Waals surface area contributed by atoms with Crippen molar-refractivity contribution >= 4 is 22.5 Å². The molecule has 0 amide bonds. The van der Waals surface area contributed by atoms with E-state index in [4.69, 9.17) is 0 Å². The minimum atomic E-state index is -0.485. The van der Waals surface area contributed by atoms with E-state index in [1.807, 2.05) is 0 Å². The largest absolute Gasteiger partial charge is 0.354 e. The summed E-state index contributed by atoms with van der Waals surface area (Å²) in [5.41, 5.74) is 4.23. The number of hydrogen-bond donors (Lipinski definition) is 1. The lowest BCUT2D eigenvalue weighted by Gasteiger charge is -2.45. The van der Waals surface area contributed by atoms with Gasteiger partial charge in [-0.15, -0.1) is 0 Å². The molecule has 3 aromatic rings. The fraction of sp³-hybridized carbons (Fsp3) is 0.455. The molecule has 1 aromatic carbocycles. The number of piperidine rings is 1. The number of nitrogens with one attached hydrogen (secondary N) is 1. The van der Waals surface area contributed by atoms with Crippen molar-refractivity contribution in [2.45, 2.75) is 31.2 Å². The van der Waals surface area contributed by atoms with Gasteiger partial charge in [0, 0.05) is 49.2 Å². The highest BCUT2D eigenvalue weighted by Crippen LogP contribution is 2.45. The van der Waals surface area contributed by atoms with E-state index in [0.29, 0.717) is 23.8 Å². The van der Waals surface area contributed by atoms with Gasteiger partial charge in [0.15, 0.2) is 0 Å². The number of aryl methyl sites for hydroxylation is 1. The Morgan fingerprint density at radius 2 is 2.07 bits per heavy atom. The van der Waals surface area contributed by atoms with E-state index in [9.17, 15) is 10.1 Å². The van der Waals surface area contributed by atoms with Crippen molar-refractivity contribution in [3.8, 4) is 0 Å². The Morgan fingerprint density at radius 3 is 2.83 bits per heavy atom. The summed E-state index contributed by atoms with van der Waals surface area (Å²) in [5, 5.41) is 15.4. The third kappa shape index (κ3) is 3.21. The molecule has 1 saturated heterocycles. The molecule has 1 aliphatic heterocycles. The van der Waals surface area contributed by atoms with Gasteiger partial charge in [-0.05, 0) is 49.4 Å². The molecule has 8 nitrogen and oxygen atoms in total. The summed E-state index contributed by atoms with van der Waals surface area (Å²) in [4.78, 5) is 20.9. The lowest BCUT2D eigenvalue weighted by Crippen LogP contribution is -2.48. The van der Waals surface area contributed by atoms with Crippen molar-refractivity contribution in [2.24, 2.45) is 13.0 Å². The van der Waals surface area contributed by atoms with Gasteiger partial charge in [0.1, 0.15) is 12.4 Å². The number of aromatic nitrogens is 3. The summed E-state index contributed by atoms with van der Waals surface area (Å²) in [6, 6.07) is 7.30. The first kappa shape index (κ1) is 19.0. The Kier molecular flexibility index (Phi) is 4.66. The number of benzene rings is 1. The molecule has 0 unspecified atom stereocenters. The van der Waals surface area contributed by atoms with E-state index in [-0.39, 0.29) is 5.69 Å². The number of hydrogen-bond acceptors (Lipinski definition) is 6. The summed E-state index contributed by atoms with van der Waals surface area (Å²) >= 11 is 0. The normalized spacial score (nSPS) is 23.3. The number of likely N-dealkylation sites (tertiary alicyclic amines) is 1. The van der Waals surface area contributed by atoms with Crippen LogP contribution in [0.3, 0.4) is 0 Å². The first-order valence-corrected chi connectivity index (χ1v) is 10.5. The summed E-state index contributed by atoms with van der Waals surface area (Å²) in [6.07, 6.45) is 8.12. The summed E-state index contributed by atoms with van der Waals surface area (Å²) in [7, 11) is 4.40. The number of likely N-dealkylation sites (N-methyl/N-ethyl adjacent to an activating group) is 1. The molecule has 2 aromatic heterocycles. The standard InChI is InChI=1S/C22H26N6O2/c1-26-12-14(6-7-23-22-24-10-16(11-25-22)28(29)30)8-18-17-4-3-5-19-21(17)15(9-20(18)26)13-27(19)2/h3-5,10-11,13-14,18,20H,6-9,12H2,1-2H3,(H,23,24,25)/t14-,18-,20-/m1/s1. The molecule has 2 aliphatic rings. The van der Waals surface area contributed by atoms with Gasteiger partial charge in [-0.25, -0.2) is 9.97 Å². The molecule has 8 heteroatoms. The number of nitro groups is 1. The molecule has 30 heavy (non-hydrogen) atoms. The van der Waals surface area contributed by atoms with E-state index in [1.165, 1.54) is 40.8 Å². The monoisotopic (exact) mass is 406 g/mol. The van der Waals surface area contributed by atoms with Gasteiger partial charge < -0.3 is 14.8 Å². The van der Waals surface area contributed by atoms with Crippen LogP contribution in [0, 0.1) is 16.0 Å². The van der Waals surface area contributed by atoms with E-state index < -0.39 is 4.92 Å². The van der Waals surface area contributed by atoms with Crippen molar-refractivity contribution < 1.29 is 4.92 Å². The van der Waals surface area contributed by atoms with Crippen LogP contribution in [0.15, 0.2) is 36.8 Å². The molecule has 5 rings (SSSR count). The molecular weight excluding hydrogens is 380 g/mol. The minimum Gasteiger partial charge on any atom is -0.354 e. The quantitative estimate of drug-likeness (QED) is 0.516. The molecule has 1 aliphatic carbocycles. The molecule has 0 bridgehead atoms. The predicted octanol–water partition coefficient (Wildman–Crippen LogP) is 3.34. The van der Waals surface area contributed by atoms with Crippen molar-refractivity contribution in [1.82, 2.24) is 19.4 Å². The summed E-state index contributed by atoms with van der Waals surface area (Å²) < 4.78 is 2.26. The third-order valence-corrected chi connectivity index (χ3v) is 6.80. The van der Waals surface area contributed by atoms with Crippen LogP contribution in [0.1, 0.15) is 29.9 Å². The lowest BCUT2D eigenvalue weighted by atomic mass is 9.72. The van der Waals surface area contributed by atoms with Gasteiger partial charge in [0.25, 0.3) is 0 Å². The molecule has 0 saturated carbocycles. The van der Waals surface area contributed by atoms with Gasteiger partial charge in [-0.1, -0.05) is 12.1 Å². The maximum atomic E-state index is 10.7. The highest BCUT2D eigenvalue weighted by Gasteiger charge is 2.39. The second kappa shape index (κ2) is 7.36. The first-order valence-electron chi connectivity index (χ1n) is 10.5. The highest BCUT2D eigenvalue weighted by molar-refractivity contribution is 5.89. The van der Waals surface area contributed by atoms with Crippen molar-refractivity contribution in [3.63, 3.8) is 0 Å². The van der Waals surface area contributed by atoms with Gasteiger partial charge in [-0.3, -0.25) is 10.1 Å². The van der Waals surface area contributed by atoms with Crippen LogP contribution >= 0.6 is 0 Å². The topological polar surface area (TPSA) is 89.1 Å². The van der Waals surface area contributed by atoms with Crippen LogP contribution in [0.4, 0.5) is 11.6 Å². The van der Waals surface area contributed by atoms with Gasteiger partial charge in [0.2, 0.25) is 5.95 Å². The maximum absolute atomic E-state index is 10.7. The third-order valence-electron chi connectivity index (χ3n) is 6.80.